The molecule has 0 aliphatic heterocycles. The predicted octanol–water partition coefficient (Wildman–Crippen LogP) is 2.70. The Kier molecular flexibility index (Phi) is 7.65. The fourth-order valence-corrected chi connectivity index (χ4v) is 2.67. The van der Waals surface area contributed by atoms with Crippen LogP contribution in [0.2, 0.25) is 0 Å². The summed E-state index contributed by atoms with van der Waals surface area (Å²) in [6.07, 6.45) is -0.0342. The van der Waals surface area contributed by atoms with Gasteiger partial charge in [0, 0.05) is 31.7 Å². The highest BCUT2D eigenvalue weighted by atomic mass is 16.5. The van der Waals surface area contributed by atoms with Gasteiger partial charge in [0.2, 0.25) is 5.91 Å². The fourth-order valence-electron chi connectivity index (χ4n) is 2.67. The number of carbonyl (C=O) groups excluding carboxylic acids is 3. The van der Waals surface area contributed by atoms with Crippen LogP contribution in [0.15, 0.2) is 48.5 Å². The van der Waals surface area contributed by atoms with Gasteiger partial charge in [-0.05, 0) is 24.6 Å². The smallest absolute Gasteiger partial charge is 0.326 e. The number of ether oxygens (including phenoxy) is 1. The van der Waals surface area contributed by atoms with Crippen LogP contribution in [0.5, 0.6) is 5.75 Å². The number of ketones is 1. The molecule has 152 valence electrons. The molecule has 2 aromatic rings. The van der Waals surface area contributed by atoms with Gasteiger partial charge >= 0.3 is 11.9 Å². The maximum absolute atomic E-state index is 12.1. The molecule has 0 bridgehead atoms. The van der Waals surface area contributed by atoms with Crippen LogP contribution in [0.1, 0.15) is 41.3 Å². The third-order valence-corrected chi connectivity index (χ3v) is 4.21. The monoisotopic (exact) mass is 397 g/mol. The number of hydrogen-bond acceptors (Lipinski definition) is 5. The number of carboxylic acid groups (broad SMARTS) is 1. The van der Waals surface area contributed by atoms with Crippen molar-refractivity contribution in [1.82, 2.24) is 5.32 Å². The molecular formula is C22H23NO6. The first-order valence-corrected chi connectivity index (χ1v) is 9.14. The van der Waals surface area contributed by atoms with E-state index in [0.717, 1.165) is 5.56 Å². The van der Waals surface area contributed by atoms with Crippen molar-refractivity contribution in [2.45, 2.75) is 39.2 Å². The molecule has 2 aromatic carbocycles. The molecule has 0 saturated carbocycles. The molecule has 0 aliphatic carbocycles. The van der Waals surface area contributed by atoms with E-state index in [1.807, 2.05) is 19.1 Å². The maximum atomic E-state index is 12.1. The normalized spacial score (nSPS) is 11.4. The Balaban J connectivity index is 1.89. The summed E-state index contributed by atoms with van der Waals surface area (Å²) < 4.78 is 4.93. The standard InChI is InChI=1S/C22H23NO6/c1-14-3-7-17(8-4-14)20(25)11-12-21(26)23-19(22(27)28)13-16-5-9-18(10-6-16)29-15(2)24/h3-10,19H,11-13H2,1-2H3,(H,23,26)(H,27,28). The number of rotatable bonds is 9. The minimum Gasteiger partial charge on any atom is -0.480 e. The van der Waals surface area contributed by atoms with Crippen LogP contribution in [0.3, 0.4) is 0 Å². The second-order valence-corrected chi connectivity index (χ2v) is 6.69. The van der Waals surface area contributed by atoms with Crippen LogP contribution in [0.4, 0.5) is 0 Å². The number of nitrogens with one attached hydrogen (secondary N) is 1. The van der Waals surface area contributed by atoms with Crippen molar-refractivity contribution in [1.29, 1.82) is 0 Å². The van der Waals surface area contributed by atoms with E-state index in [2.05, 4.69) is 5.32 Å². The number of aliphatic carboxylic acids is 1. The van der Waals surface area contributed by atoms with Crippen molar-refractivity contribution in [3.8, 4) is 5.75 Å². The average Bonchev–Trinajstić information content (AvgIpc) is 2.67. The van der Waals surface area contributed by atoms with Crippen molar-refractivity contribution in [3.63, 3.8) is 0 Å². The van der Waals surface area contributed by atoms with Crippen molar-refractivity contribution in [2.24, 2.45) is 0 Å². The molecule has 2 rings (SSSR count). The Bertz CT molecular complexity index is 887. The first-order chi connectivity index (χ1) is 13.7. The number of carbonyl (C=O) groups is 4. The second-order valence-electron chi connectivity index (χ2n) is 6.69. The van der Waals surface area contributed by atoms with Crippen LogP contribution in [-0.2, 0) is 20.8 Å². The van der Waals surface area contributed by atoms with E-state index in [1.54, 1.807) is 36.4 Å². The van der Waals surface area contributed by atoms with E-state index in [1.165, 1.54) is 6.92 Å². The van der Waals surface area contributed by atoms with E-state index in [9.17, 15) is 24.3 Å². The minimum atomic E-state index is -1.17. The average molecular weight is 397 g/mol. The third-order valence-electron chi connectivity index (χ3n) is 4.21. The van der Waals surface area contributed by atoms with Gasteiger partial charge in [-0.1, -0.05) is 42.0 Å². The molecule has 0 aromatic heterocycles. The molecule has 1 atom stereocenters. The minimum absolute atomic E-state index is 0.00167. The molecule has 29 heavy (non-hydrogen) atoms. The van der Waals surface area contributed by atoms with Crippen LogP contribution in [0.25, 0.3) is 0 Å². The molecule has 1 amide bonds. The molecule has 0 heterocycles. The number of amides is 1. The van der Waals surface area contributed by atoms with E-state index in [0.29, 0.717) is 16.9 Å². The van der Waals surface area contributed by atoms with Gasteiger partial charge in [0.1, 0.15) is 11.8 Å². The maximum Gasteiger partial charge on any atom is 0.326 e. The van der Waals surface area contributed by atoms with Gasteiger partial charge in [0.05, 0.1) is 0 Å². The van der Waals surface area contributed by atoms with Crippen LogP contribution < -0.4 is 10.1 Å². The highest BCUT2D eigenvalue weighted by Crippen LogP contribution is 2.14. The first kappa shape index (κ1) is 21.8. The zero-order chi connectivity index (χ0) is 21.4. The second kappa shape index (κ2) is 10.2. The predicted molar refractivity (Wildman–Crippen MR) is 106 cm³/mol. The van der Waals surface area contributed by atoms with E-state index >= 15 is 0 Å². The Morgan fingerprint density at radius 3 is 2.14 bits per heavy atom. The number of carboxylic acids is 1. The summed E-state index contributed by atoms with van der Waals surface area (Å²) in [5, 5.41) is 11.8. The third kappa shape index (κ3) is 7.21. The lowest BCUT2D eigenvalue weighted by Gasteiger charge is -2.15. The van der Waals surface area contributed by atoms with E-state index in [-0.39, 0.29) is 25.0 Å². The van der Waals surface area contributed by atoms with Gasteiger partial charge in [-0.15, -0.1) is 0 Å². The molecule has 0 aliphatic rings. The summed E-state index contributed by atoms with van der Waals surface area (Å²) >= 11 is 0. The van der Waals surface area contributed by atoms with Gasteiger partial charge in [0.15, 0.2) is 5.78 Å². The van der Waals surface area contributed by atoms with Gasteiger partial charge in [-0.2, -0.15) is 0 Å². The highest BCUT2D eigenvalue weighted by Gasteiger charge is 2.21. The summed E-state index contributed by atoms with van der Waals surface area (Å²) in [5.74, 6) is -1.95. The lowest BCUT2D eigenvalue weighted by molar-refractivity contribution is -0.141. The number of hydrogen-bond donors (Lipinski definition) is 2. The number of benzene rings is 2. The van der Waals surface area contributed by atoms with Crippen molar-refractivity contribution in [3.05, 3.63) is 65.2 Å². The van der Waals surface area contributed by atoms with Crippen LogP contribution in [-0.4, -0.2) is 34.8 Å². The quantitative estimate of drug-likeness (QED) is 0.382. The van der Waals surface area contributed by atoms with Gasteiger partial charge < -0.3 is 15.2 Å². The molecule has 0 radical (unpaired) electrons. The lowest BCUT2D eigenvalue weighted by atomic mass is 10.0. The Labute approximate surface area is 168 Å². The molecule has 0 fully saturated rings. The van der Waals surface area contributed by atoms with Crippen molar-refractivity contribution < 1.29 is 29.0 Å². The molecule has 2 N–H and O–H groups in total. The molecule has 7 nitrogen and oxygen atoms in total. The molecule has 1 unspecified atom stereocenters. The zero-order valence-electron chi connectivity index (χ0n) is 16.3. The molecule has 0 spiro atoms. The summed E-state index contributed by atoms with van der Waals surface area (Å²) in [4.78, 5) is 46.7. The molecular weight excluding hydrogens is 374 g/mol. The summed E-state index contributed by atoms with van der Waals surface area (Å²) in [7, 11) is 0. The number of esters is 1. The zero-order valence-corrected chi connectivity index (χ0v) is 16.3. The summed E-state index contributed by atoms with van der Waals surface area (Å²) in [5.41, 5.74) is 2.21. The molecule has 7 heteroatoms. The topological polar surface area (TPSA) is 110 Å². The van der Waals surface area contributed by atoms with Gasteiger partial charge in [-0.3, -0.25) is 14.4 Å². The van der Waals surface area contributed by atoms with Gasteiger partial charge in [-0.25, -0.2) is 4.79 Å². The summed E-state index contributed by atoms with van der Waals surface area (Å²) in [6, 6.07) is 12.3. The summed E-state index contributed by atoms with van der Waals surface area (Å²) in [6.45, 7) is 3.20. The Morgan fingerprint density at radius 2 is 1.59 bits per heavy atom. The first-order valence-electron chi connectivity index (χ1n) is 9.14. The largest absolute Gasteiger partial charge is 0.480 e. The highest BCUT2D eigenvalue weighted by molar-refractivity contribution is 5.98. The SMILES string of the molecule is CC(=O)Oc1ccc(CC(NC(=O)CCC(=O)c2ccc(C)cc2)C(=O)O)cc1. The van der Waals surface area contributed by atoms with Crippen LogP contribution >= 0.6 is 0 Å². The number of aryl methyl sites for hydroxylation is 1. The Morgan fingerprint density at radius 1 is 0.966 bits per heavy atom. The van der Waals surface area contributed by atoms with E-state index < -0.39 is 23.9 Å². The lowest BCUT2D eigenvalue weighted by Crippen LogP contribution is -2.42. The fraction of sp³-hybridized carbons (Fsp3) is 0.273. The van der Waals surface area contributed by atoms with Crippen molar-refractivity contribution in [2.75, 3.05) is 0 Å². The number of Topliss-reactive ketones (excluding diaryl/α,β-unsaturated/α-hetero) is 1. The van der Waals surface area contributed by atoms with Crippen LogP contribution in [0, 0.1) is 6.92 Å². The van der Waals surface area contributed by atoms with Crippen molar-refractivity contribution >= 4 is 23.6 Å². The molecule has 0 saturated heterocycles. The van der Waals surface area contributed by atoms with Gasteiger partial charge in [0.25, 0.3) is 0 Å². The Hall–Kier alpha value is -3.48. The van der Waals surface area contributed by atoms with E-state index in [4.69, 9.17) is 4.74 Å².